The van der Waals surface area contributed by atoms with Gasteiger partial charge in [-0.05, 0) is 31.4 Å². The van der Waals surface area contributed by atoms with Crippen LogP contribution in [-0.2, 0) is 9.59 Å². The van der Waals surface area contributed by atoms with Gasteiger partial charge in [-0.1, -0.05) is 31.7 Å². The Balaban J connectivity index is 2.57. The molecule has 2 N–H and O–H groups in total. The van der Waals surface area contributed by atoms with Crippen molar-refractivity contribution in [1.29, 1.82) is 0 Å². The van der Waals surface area contributed by atoms with Crippen LogP contribution in [0.3, 0.4) is 0 Å². The van der Waals surface area contributed by atoms with Crippen LogP contribution in [0.4, 0.5) is 0 Å². The zero-order valence-corrected chi connectivity index (χ0v) is 12.7. The van der Waals surface area contributed by atoms with Crippen LogP contribution in [0.1, 0.15) is 27.2 Å². The molecule has 6 heteroatoms. The first-order valence-corrected chi connectivity index (χ1v) is 7.39. The molecule has 5 nitrogen and oxygen atoms in total. The molecule has 0 radical (unpaired) electrons. The van der Waals surface area contributed by atoms with E-state index < -0.39 is 12.0 Å². The molecule has 0 spiro atoms. The van der Waals surface area contributed by atoms with Gasteiger partial charge in [-0.15, -0.1) is 0 Å². The summed E-state index contributed by atoms with van der Waals surface area (Å²) in [6.07, 6.45) is 2.08. The van der Waals surface area contributed by atoms with E-state index in [4.69, 9.17) is 5.11 Å². The fourth-order valence-electron chi connectivity index (χ4n) is 1.63. The number of carboxylic acids is 1. The van der Waals surface area contributed by atoms with Gasteiger partial charge in [-0.3, -0.25) is 4.79 Å². The number of hydrogen-bond donors (Lipinski definition) is 2. The highest BCUT2D eigenvalue weighted by atomic mass is 32.2. The van der Waals surface area contributed by atoms with Gasteiger partial charge in [-0.25, -0.2) is 9.78 Å². The highest BCUT2D eigenvalue weighted by Crippen LogP contribution is 2.20. The van der Waals surface area contributed by atoms with Gasteiger partial charge in [0.25, 0.3) is 0 Å². The molecule has 110 valence electrons. The largest absolute Gasteiger partial charge is 0.480 e. The summed E-state index contributed by atoms with van der Waals surface area (Å²) in [7, 11) is 0. The molecular formula is C14H20N2O3S. The number of pyridine rings is 1. The molecule has 0 aliphatic heterocycles. The molecule has 0 aliphatic carbocycles. The van der Waals surface area contributed by atoms with Crippen molar-refractivity contribution in [2.75, 3.05) is 0 Å². The molecule has 0 aromatic carbocycles. The average Bonchev–Trinajstić information content (AvgIpc) is 2.38. The zero-order chi connectivity index (χ0) is 15.1. The van der Waals surface area contributed by atoms with E-state index in [1.165, 1.54) is 11.8 Å². The summed E-state index contributed by atoms with van der Waals surface area (Å²) < 4.78 is 0. The molecule has 0 aliphatic rings. The minimum absolute atomic E-state index is 0.204. The smallest absolute Gasteiger partial charge is 0.326 e. The number of thioether (sulfide) groups is 1. The molecule has 20 heavy (non-hydrogen) atoms. The second-order valence-electron chi connectivity index (χ2n) is 4.96. The van der Waals surface area contributed by atoms with Crippen LogP contribution in [0.15, 0.2) is 29.4 Å². The lowest BCUT2D eigenvalue weighted by Gasteiger charge is -2.18. The Bertz CT molecular complexity index is 451. The van der Waals surface area contributed by atoms with Crippen molar-refractivity contribution in [2.24, 2.45) is 5.92 Å². The zero-order valence-electron chi connectivity index (χ0n) is 11.9. The summed E-state index contributed by atoms with van der Waals surface area (Å²) in [5.41, 5.74) is 0. The predicted molar refractivity (Wildman–Crippen MR) is 78.6 cm³/mol. The second-order valence-corrected chi connectivity index (χ2v) is 6.32. The Hall–Kier alpha value is -1.56. The van der Waals surface area contributed by atoms with Crippen LogP contribution in [0.2, 0.25) is 0 Å². The molecule has 2 atom stereocenters. The van der Waals surface area contributed by atoms with E-state index in [2.05, 4.69) is 10.3 Å². The first kappa shape index (κ1) is 16.5. The summed E-state index contributed by atoms with van der Waals surface area (Å²) in [6.45, 7) is 5.59. The molecule has 0 saturated carbocycles. The lowest BCUT2D eigenvalue weighted by Crippen LogP contribution is -2.44. The van der Waals surface area contributed by atoms with Crippen LogP contribution in [0.5, 0.6) is 0 Å². The maximum absolute atomic E-state index is 12.0. The lowest BCUT2D eigenvalue weighted by atomic mass is 10.0. The Labute approximate surface area is 123 Å². The summed E-state index contributed by atoms with van der Waals surface area (Å²) in [5.74, 6) is -1.08. The van der Waals surface area contributed by atoms with Gasteiger partial charge in [0.2, 0.25) is 5.91 Å². The number of nitrogens with zero attached hydrogens (tertiary/aromatic N) is 1. The fourth-order valence-corrected chi connectivity index (χ4v) is 2.45. The molecule has 0 fully saturated rings. The van der Waals surface area contributed by atoms with Crippen molar-refractivity contribution < 1.29 is 14.7 Å². The maximum Gasteiger partial charge on any atom is 0.326 e. The van der Waals surface area contributed by atoms with E-state index in [0.717, 1.165) is 5.03 Å². The van der Waals surface area contributed by atoms with E-state index in [9.17, 15) is 9.59 Å². The lowest BCUT2D eigenvalue weighted by molar-refractivity contribution is -0.142. The van der Waals surface area contributed by atoms with Gasteiger partial charge in [0, 0.05) is 6.20 Å². The minimum Gasteiger partial charge on any atom is -0.480 e. The number of rotatable bonds is 7. The Morgan fingerprint density at radius 1 is 1.35 bits per heavy atom. The third-order valence-electron chi connectivity index (χ3n) is 2.63. The fraction of sp³-hybridized carbons (Fsp3) is 0.500. The molecule has 2 unspecified atom stereocenters. The third kappa shape index (κ3) is 5.61. The molecule has 1 aromatic rings. The van der Waals surface area contributed by atoms with E-state index >= 15 is 0 Å². The highest BCUT2D eigenvalue weighted by molar-refractivity contribution is 8.00. The Morgan fingerprint density at radius 2 is 2.05 bits per heavy atom. The number of hydrogen-bond acceptors (Lipinski definition) is 4. The number of aliphatic carboxylic acids is 1. The average molecular weight is 296 g/mol. The van der Waals surface area contributed by atoms with Crippen molar-refractivity contribution in [3.05, 3.63) is 24.4 Å². The normalized spacial score (nSPS) is 13.8. The topological polar surface area (TPSA) is 79.3 Å². The molecule has 1 aromatic heterocycles. The third-order valence-corrected chi connectivity index (χ3v) is 3.68. The van der Waals surface area contributed by atoms with Crippen molar-refractivity contribution in [3.8, 4) is 0 Å². The van der Waals surface area contributed by atoms with Gasteiger partial charge in [0.05, 0.1) is 10.3 Å². The van der Waals surface area contributed by atoms with Gasteiger partial charge in [0.1, 0.15) is 6.04 Å². The Kier molecular flexibility index (Phi) is 6.51. The number of carbonyl (C=O) groups excluding carboxylic acids is 1. The molecule has 0 bridgehead atoms. The summed E-state index contributed by atoms with van der Waals surface area (Å²) in [5, 5.41) is 12.0. The molecule has 0 saturated heterocycles. The van der Waals surface area contributed by atoms with E-state index in [-0.39, 0.29) is 17.1 Å². The molecule has 1 rings (SSSR count). The number of amides is 1. The first-order valence-electron chi connectivity index (χ1n) is 6.51. The molecule has 1 amide bonds. The van der Waals surface area contributed by atoms with Crippen molar-refractivity contribution in [2.45, 2.75) is 43.5 Å². The number of carboxylic acid groups (broad SMARTS) is 1. The standard InChI is InChI=1S/C14H20N2O3S/c1-9(2)8-11(14(18)19)16-13(17)10(3)20-12-6-4-5-7-15-12/h4-7,9-11H,8H2,1-3H3,(H,16,17)(H,18,19). The van der Waals surface area contributed by atoms with Crippen molar-refractivity contribution in [3.63, 3.8) is 0 Å². The summed E-state index contributed by atoms with van der Waals surface area (Å²) in [4.78, 5) is 27.3. The monoisotopic (exact) mass is 296 g/mol. The number of nitrogens with one attached hydrogen (secondary N) is 1. The number of carbonyl (C=O) groups is 2. The SMILES string of the molecule is CC(C)CC(NC(=O)C(C)Sc1ccccn1)C(=O)O. The van der Waals surface area contributed by atoms with Crippen LogP contribution in [0.25, 0.3) is 0 Å². The highest BCUT2D eigenvalue weighted by Gasteiger charge is 2.24. The van der Waals surface area contributed by atoms with Gasteiger partial charge in [0.15, 0.2) is 0 Å². The van der Waals surface area contributed by atoms with Gasteiger partial charge >= 0.3 is 5.97 Å². The van der Waals surface area contributed by atoms with E-state index in [0.29, 0.717) is 6.42 Å². The van der Waals surface area contributed by atoms with Crippen LogP contribution < -0.4 is 5.32 Å². The van der Waals surface area contributed by atoms with Crippen LogP contribution in [0, 0.1) is 5.92 Å². The van der Waals surface area contributed by atoms with Crippen molar-refractivity contribution in [1.82, 2.24) is 10.3 Å². The second kappa shape index (κ2) is 7.89. The molecular weight excluding hydrogens is 276 g/mol. The van der Waals surface area contributed by atoms with Crippen molar-refractivity contribution >= 4 is 23.6 Å². The molecule has 1 heterocycles. The summed E-state index contributed by atoms with van der Waals surface area (Å²) in [6, 6.07) is 4.63. The maximum atomic E-state index is 12.0. The van der Waals surface area contributed by atoms with Crippen LogP contribution >= 0.6 is 11.8 Å². The minimum atomic E-state index is -0.998. The van der Waals surface area contributed by atoms with Crippen LogP contribution in [-0.4, -0.2) is 33.3 Å². The predicted octanol–water partition coefficient (Wildman–Crippen LogP) is 2.18. The quantitative estimate of drug-likeness (QED) is 0.754. The first-order chi connectivity index (χ1) is 9.40. The van der Waals surface area contributed by atoms with Gasteiger partial charge in [-0.2, -0.15) is 0 Å². The Morgan fingerprint density at radius 3 is 2.55 bits per heavy atom. The van der Waals surface area contributed by atoms with E-state index in [1.54, 1.807) is 19.2 Å². The number of aromatic nitrogens is 1. The van der Waals surface area contributed by atoms with Gasteiger partial charge < -0.3 is 10.4 Å². The van der Waals surface area contributed by atoms with E-state index in [1.807, 2.05) is 26.0 Å². The summed E-state index contributed by atoms with van der Waals surface area (Å²) >= 11 is 1.31.